The Hall–Kier alpha value is -3.85. The van der Waals surface area contributed by atoms with Gasteiger partial charge in [-0.3, -0.25) is 4.90 Å². The minimum Gasteiger partial charge on any atom is -0.322 e. The molecular formula is C27H26F3N5O. The number of para-hydroxylation sites is 2. The van der Waals surface area contributed by atoms with Gasteiger partial charge in [-0.2, -0.15) is 13.2 Å². The predicted octanol–water partition coefficient (Wildman–Crippen LogP) is 5.45. The Labute approximate surface area is 207 Å². The Morgan fingerprint density at radius 3 is 2.19 bits per heavy atom. The number of halogens is 3. The SMILES string of the molecule is O=C(Nc1ccc(C(F)(F)F)cc1)N1CCN(Cc2nc3ccccc3n2Cc2ccccc2)CC1. The van der Waals surface area contributed by atoms with Gasteiger partial charge in [0.2, 0.25) is 0 Å². The number of imidazole rings is 1. The third-order valence-corrected chi connectivity index (χ3v) is 6.41. The zero-order chi connectivity index (χ0) is 25.1. The molecule has 1 aliphatic rings. The molecule has 2 heterocycles. The van der Waals surface area contributed by atoms with Crippen molar-refractivity contribution in [2.45, 2.75) is 19.3 Å². The highest BCUT2D eigenvalue weighted by molar-refractivity contribution is 5.89. The summed E-state index contributed by atoms with van der Waals surface area (Å²) >= 11 is 0. The van der Waals surface area contributed by atoms with Gasteiger partial charge in [-0.25, -0.2) is 9.78 Å². The average Bonchev–Trinajstić information content (AvgIpc) is 3.21. The normalized spacial score (nSPS) is 14.8. The molecule has 3 aromatic carbocycles. The number of anilines is 1. The Kier molecular flexibility index (Phi) is 6.65. The molecule has 1 saturated heterocycles. The number of nitrogens with one attached hydrogen (secondary N) is 1. The van der Waals surface area contributed by atoms with Crippen molar-refractivity contribution in [2.75, 3.05) is 31.5 Å². The molecule has 4 aromatic rings. The van der Waals surface area contributed by atoms with Gasteiger partial charge in [-0.1, -0.05) is 42.5 Å². The monoisotopic (exact) mass is 493 g/mol. The van der Waals surface area contributed by atoms with Gasteiger partial charge in [-0.15, -0.1) is 0 Å². The van der Waals surface area contributed by atoms with Crippen molar-refractivity contribution in [1.82, 2.24) is 19.4 Å². The average molecular weight is 494 g/mol. The van der Waals surface area contributed by atoms with Crippen LogP contribution >= 0.6 is 0 Å². The smallest absolute Gasteiger partial charge is 0.322 e. The highest BCUT2D eigenvalue weighted by Gasteiger charge is 2.30. The number of urea groups is 1. The fraction of sp³-hybridized carbons (Fsp3) is 0.259. The summed E-state index contributed by atoms with van der Waals surface area (Å²) in [7, 11) is 0. The van der Waals surface area contributed by atoms with Crippen LogP contribution in [0.4, 0.5) is 23.7 Å². The minimum atomic E-state index is -4.40. The second-order valence-corrected chi connectivity index (χ2v) is 8.86. The molecule has 0 radical (unpaired) electrons. The lowest BCUT2D eigenvalue weighted by Gasteiger charge is -2.34. The van der Waals surface area contributed by atoms with Gasteiger partial charge in [0.15, 0.2) is 0 Å². The quantitative estimate of drug-likeness (QED) is 0.402. The summed E-state index contributed by atoms with van der Waals surface area (Å²) in [6, 6.07) is 22.5. The number of piperazine rings is 1. The lowest BCUT2D eigenvalue weighted by Crippen LogP contribution is -2.49. The van der Waals surface area contributed by atoms with E-state index >= 15 is 0 Å². The summed E-state index contributed by atoms with van der Waals surface area (Å²) < 4.78 is 40.5. The van der Waals surface area contributed by atoms with Crippen LogP contribution in [0.2, 0.25) is 0 Å². The first kappa shape index (κ1) is 23.9. The number of carbonyl (C=O) groups is 1. The molecular weight excluding hydrogens is 467 g/mol. The van der Waals surface area contributed by atoms with E-state index in [4.69, 9.17) is 4.98 Å². The van der Waals surface area contributed by atoms with Crippen LogP contribution < -0.4 is 5.32 Å². The van der Waals surface area contributed by atoms with Crippen LogP contribution in [0.5, 0.6) is 0 Å². The van der Waals surface area contributed by atoms with Crippen LogP contribution in [0.1, 0.15) is 17.0 Å². The van der Waals surface area contributed by atoms with Crippen LogP contribution in [0, 0.1) is 0 Å². The molecule has 186 valence electrons. The van der Waals surface area contributed by atoms with E-state index in [-0.39, 0.29) is 6.03 Å². The fourth-order valence-corrected chi connectivity index (χ4v) is 4.44. The van der Waals surface area contributed by atoms with Gasteiger partial charge < -0.3 is 14.8 Å². The van der Waals surface area contributed by atoms with E-state index < -0.39 is 11.7 Å². The van der Waals surface area contributed by atoms with E-state index in [0.717, 1.165) is 35.5 Å². The zero-order valence-corrected chi connectivity index (χ0v) is 19.6. The number of hydrogen-bond donors (Lipinski definition) is 1. The Bertz CT molecular complexity index is 1330. The lowest BCUT2D eigenvalue weighted by molar-refractivity contribution is -0.137. The van der Waals surface area contributed by atoms with E-state index in [1.807, 2.05) is 36.4 Å². The second-order valence-electron chi connectivity index (χ2n) is 8.86. The minimum absolute atomic E-state index is 0.314. The van der Waals surface area contributed by atoms with Crippen LogP contribution in [-0.4, -0.2) is 51.6 Å². The van der Waals surface area contributed by atoms with Crippen LogP contribution in [0.15, 0.2) is 78.9 Å². The maximum absolute atomic E-state index is 12.8. The van der Waals surface area contributed by atoms with Gasteiger partial charge in [-0.05, 0) is 42.0 Å². The van der Waals surface area contributed by atoms with E-state index in [1.54, 1.807) is 4.90 Å². The molecule has 36 heavy (non-hydrogen) atoms. The summed E-state index contributed by atoms with van der Waals surface area (Å²) in [5.74, 6) is 0.975. The van der Waals surface area contributed by atoms with Gasteiger partial charge >= 0.3 is 12.2 Å². The summed E-state index contributed by atoms with van der Waals surface area (Å²) in [4.78, 5) is 21.5. The zero-order valence-electron chi connectivity index (χ0n) is 19.6. The molecule has 6 nitrogen and oxygen atoms in total. The van der Waals surface area contributed by atoms with E-state index in [0.29, 0.717) is 38.4 Å². The number of amides is 2. The number of carbonyl (C=O) groups excluding carboxylic acids is 1. The molecule has 2 amide bonds. The second kappa shape index (κ2) is 10.0. The Morgan fingerprint density at radius 2 is 1.50 bits per heavy atom. The number of alkyl halides is 3. The summed E-state index contributed by atoms with van der Waals surface area (Å²) in [6.07, 6.45) is -4.40. The first-order valence-electron chi connectivity index (χ1n) is 11.8. The molecule has 1 aliphatic heterocycles. The molecule has 1 aromatic heterocycles. The lowest BCUT2D eigenvalue weighted by atomic mass is 10.2. The maximum Gasteiger partial charge on any atom is 0.416 e. The van der Waals surface area contributed by atoms with Crippen molar-refractivity contribution in [3.05, 3.63) is 95.8 Å². The highest BCUT2D eigenvalue weighted by atomic mass is 19.4. The van der Waals surface area contributed by atoms with Crippen LogP contribution in [-0.2, 0) is 19.3 Å². The van der Waals surface area contributed by atoms with Gasteiger partial charge in [0.25, 0.3) is 0 Å². The van der Waals surface area contributed by atoms with Gasteiger partial charge in [0.1, 0.15) is 5.82 Å². The van der Waals surface area contributed by atoms with E-state index in [9.17, 15) is 18.0 Å². The summed E-state index contributed by atoms with van der Waals surface area (Å²) in [5, 5.41) is 2.69. The third-order valence-electron chi connectivity index (χ3n) is 6.41. The third kappa shape index (κ3) is 5.36. The molecule has 9 heteroatoms. The van der Waals surface area contributed by atoms with E-state index in [1.165, 1.54) is 17.7 Å². The number of aromatic nitrogens is 2. The van der Waals surface area contributed by atoms with Crippen molar-refractivity contribution in [3.63, 3.8) is 0 Å². The number of nitrogens with zero attached hydrogens (tertiary/aromatic N) is 4. The van der Waals surface area contributed by atoms with Crippen LogP contribution in [0.25, 0.3) is 11.0 Å². The van der Waals surface area contributed by atoms with Gasteiger partial charge in [0, 0.05) is 38.4 Å². The molecule has 0 bridgehead atoms. The van der Waals surface area contributed by atoms with Crippen LogP contribution in [0.3, 0.4) is 0 Å². The standard InChI is InChI=1S/C27H26F3N5O/c28-27(29,30)21-10-12-22(13-11-21)31-26(36)34-16-14-33(15-17-34)19-25-32-23-8-4-5-9-24(23)35(25)18-20-6-2-1-3-7-20/h1-13H,14-19H2,(H,31,36). The number of hydrogen-bond acceptors (Lipinski definition) is 3. The first-order valence-corrected chi connectivity index (χ1v) is 11.8. The van der Waals surface area contributed by atoms with Gasteiger partial charge in [0.05, 0.1) is 23.1 Å². The number of benzene rings is 3. The summed E-state index contributed by atoms with van der Waals surface area (Å²) in [5.41, 5.74) is 2.84. The molecule has 0 atom stereocenters. The van der Waals surface area contributed by atoms with Crippen molar-refractivity contribution in [3.8, 4) is 0 Å². The highest BCUT2D eigenvalue weighted by Crippen LogP contribution is 2.30. The Morgan fingerprint density at radius 1 is 0.833 bits per heavy atom. The number of rotatable bonds is 5. The fourth-order valence-electron chi connectivity index (χ4n) is 4.44. The molecule has 1 fully saturated rings. The topological polar surface area (TPSA) is 53.4 Å². The van der Waals surface area contributed by atoms with Crippen molar-refractivity contribution < 1.29 is 18.0 Å². The number of fused-ring (bicyclic) bond motifs is 1. The van der Waals surface area contributed by atoms with Crippen molar-refractivity contribution in [2.24, 2.45) is 0 Å². The largest absolute Gasteiger partial charge is 0.416 e. The van der Waals surface area contributed by atoms with E-state index in [2.05, 4.69) is 33.0 Å². The molecule has 0 spiro atoms. The van der Waals surface area contributed by atoms with Crippen molar-refractivity contribution >= 4 is 22.8 Å². The van der Waals surface area contributed by atoms with Crippen molar-refractivity contribution in [1.29, 1.82) is 0 Å². The first-order chi connectivity index (χ1) is 17.4. The molecule has 0 saturated carbocycles. The molecule has 0 aliphatic carbocycles. The molecule has 0 unspecified atom stereocenters. The Balaban J connectivity index is 1.21. The molecule has 1 N–H and O–H groups in total. The predicted molar refractivity (Wildman–Crippen MR) is 133 cm³/mol. The molecule has 5 rings (SSSR count). The summed E-state index contributed by atoms with van der Waals surface area (Å²) in [6.45, 7) is 3.78. The maximum atomic E-state index is 12.8.